The fourth-order valence-electron chi connectivity index (χ4n) is 4.39. The highest BCUT2D eigenvalue weighted by molar-refractivity contribution is 5.74. The van der Waals surface area contributed by atoms with Crippen LogP contribution in [0.2, 0.25) is 0 Å². The third-order valence-electron chi connectivity index (χ3n) is 6.17. The molecule has 30 heavy (non-hydrogen) atoms. The van der Waals surface area contributed by atoms with E-state index >= 15 is 0 Å². The standard InChI is InChI=1S/C22H32N4O4/c1-2-29-22(28)26-8-5-19(6-9-26)23-21(27)25-12-10-24(11-13-25)16-17-3-4-20-18(15-17)7-14-30-20/h3-4,15,19H,2,5-14,16H2,1H3,(H,23,27). The van der Waals surface area contributed by atoms with Gasteiger partial charge in [0.15, 0.2) is 0 Å². The van der Waals surface area contributed by atoms with Crippen LogP contribution in [-0.2, 0) is 17.7 Å². The van der Waals surface area contributed by atoms with Crippen LogP contribution in [0.1, 0.15) is 30.9 Å². The smallest absolute Gasteiger partial charge is 0.409 e. The summed E-state index contributed by atoms with van der Waals surface area (Å²) < 4.78 is 10.6. The van der Waals surface area contributed by atoms with Gasteiger partial charge in [-0.1, -0.05) is 12.1 Å². The Kier molecular flexibility index (Phi) is 6.62. The molecule has 0 unspecified atom stereocenters. The lowest BCUT2D eigenvalue weighted by atomic mass is 10.1. The molecule has 8 heteroatoms. The lowest BCUT2D eigenvalue weighted by Gasteiger charge is -2.37. The molecule has 1 N–H and O–H groups in total. The average molecular weight is 417 g/mol. The number of benzene rings is 1. The number of nitrogens with zero attached hydrogens (tertiary/aromatic N) is 3. The first-order valence-electron chi connectivity index (χ1n) is 11.1. The van der Waals surface area contributed by atoms with Crippen LogP contribution in [0.15, 0.2) is 18.2 Å². The molecule has 2 fully saturated rings. The molecule has 1 aromatic carbocycles. The Morgan fingerprint density at radius 2 is 1.87 bits per heavy atom. The van der Waals surface area contributed by atoms with E-state index in [1.54, 1.807) is 4.90 Å². The van der Waals surface area contributed by atoms with Gasteiger partial charge < -0.3 is 24.6 Å². The Morgan fingerprint density at radius 3 is 2.60 bits per heavy atom. The number of nitrogens with one attached hydrogen (secondary N) is 1. The van der Waals surface area contributed by atoms with Gasteiger partial charge in [-0.25, -0.2) is 9.59 Å². The van der Waals surface area contributed by atoms with Crippen LogP contribution in [0.5, 0.6) is 5.75 Å². The molecule has 0 radical (unpaired) electrons. The van der Waals surface area contributed by atoms with Gasteiger partial charge in [-0.3, -0.25) is 4.90 Å². The predicted molar refractivity (Wildman–Crippen MR) is 113 cm³/mol. The van der Waals surface area contributed by atoms with Crippen molar-refractivity contribution in [1.82, 2.24) is 20.0 Å². The van der Waals surface area contributed by atoms with Gasteiger partial charge in [0.25, 0.3) is 0 Å². The number of carbonyl (C=O) groups is 2. The molecule has 1 aromatic rings. The summed E-state index contributed by atoms with van der Waals surface area (Å²) in [5.41, 5.74) is 2.62. The fraction of sp³-hybridized carbons (Fsp3) is 0.636. The van der Waals surface area contributed by atoms with E-state index in [2.05, 4.69) is 28.4 Å². The third-order valence-corrected chi connectivity index (χ3v) is 6.17. The molecule has 3 aliphatic heterocycles. The van der Waals surface area contributed by atoms with Gasteiger partial charge in [0.2, 0.25) is 0 Å². The summed E-state index contributed by atoms with van der Waals surface area (Å²) in [5.74, 6) is 1.02. The van der Waals surface area contributed by atoms with Gasteiger partial charge in [-0.15, -0.1) is 0 Å². The van der Waals surface area contributed by atoms with E-state index in [1.165, 1.54) is 11.1 Å². The molecule has 0 atom stereocenters. The molecule has 0 aliphatic carbocycles. The van der Waals surface area contributed by atoms with Crippen molar-refractivity contribution in [3.8, 4) is 5.75 Å². The monoisotopic (exact) mass is 416 g/mol. The van der Waals surface area contributed by atoms with Crippen molar-refractivity contribution in [3.05, 3.63) is 29.3 Å². The quantitative estimate of drug-likeness (QED) is 0.813. The minimum absolute atomic E-state index is 0.0129. The van der Waals surface area contributed by atoms with Crippen LogP contribution in [0.3, 0.4) is 0 Å². The lowest BCUT2D eigenvalue weighted by molar-refractivity contribution is 0.0939. The average Bonchev–Trinajstić information content (AvgIpc) is 3.23. The summed E-state index contributed by atoms with van der Waals surface area (Å²) in [7, 11) is 0. The summed E-state index contributed by atoms with van der Waals surface area (Å²) in [5, 5.41) is 3.15. The molecule has 0 spiro atoms. The Morgan fingerprint density at radius 1 is 1.10 bits per heavy atom. The van der Waals surface area contributed by atoms with Crippen molar-refractivity contribution in [3.63, 3.8) is 0 Å². The number of urea groups is 1. The van der Waals surface area contributed by atoms with E-state index in [0.29, 0.717) is 19.7 Å². The van der Waals surface area contributed by atoms with E-state index < -0.39 is 0 Å². The molecule has 2 saturated heterocycles. The minimum atomic E-state index is -0.255. The van der Waals surface area contributed by atoms with Crippen LogP contribution < -0.4 is 10.1 Å². The second-order valence-corrected chi connectivity index (χ2v) is 8.21. The van der Waals surface area contributed by atoms with Crippen molar-refractivity contribution < 1.29 is 19.1 Å². The molecular formula is C22H32N4O4. The summed E-state index contributed by atoms with van der Waals surface area (Å²) >= 11 is 0. The molecule has 0 aromatic heterocycles. The van der Waals surface area contributed by atoms with Crippen LogP contribution >= 0.6 is 0 Å². The Bertz CT molecular complexity index is 756. The molecule has 3 heterocycles. The second kappa shape index (κ2) is 9.55. The zero-order valence-corrected chi connectivity index (χ0v) is 17.8. The van der Waals surface area contributed by atoms with Gasteiger partial charge in [0, 0.05) is 58.3 Å². The van der Waals surface area contributed by atoms with Crippen molar-refractivity contribution in [2.45, 2.75) is 38.8 Å². The number of rotatable bonds is 4. The first kappa shape index (κ1) is 20.8. The molecule has 0 saturated carbocycles. The molecule has 164 valence electrons. The topological polar surface area (TPSA) is 74.4 Å². The number of amides is 3. The van der Waals surface area contributed by atoms with Crippen LogP contribution in [0.4, 0.5) is 9.59 Å². The van der Waals surface area contributed by atoms with Crippen LogP contribution in [0, 0.1) is 0 Å². The first-order chi connectivity index (χ1) is 14.6. The van der Waals surface area contributed by atoms with Crippen molar-refractivity contribution in [2.75, 3.05) is 52.5 Å². The fourth-order valence-corrected chi connectivity index (χ4v) is 4.39. The summed E-state index contributed by atoms with van der Waals surface area (Å²) in [4.78, 5) is 30.5. The van der Waals surface area contributed by atoms with E-state index in [-0.39, 0.29) is 18.2 Å². The largest absolute Gasteiger partial charge is 0.493 e. The minimum Gasteiger partial charge on any atom is -0.493 e. The molecule has 4 rings (SSSR count). The highest BCUT2D eigenvalue weighted by Gasteiger charge is 2.27. The maximum atomic E-state index is 12.7. The van der Waals surface area contributed by atoms with Crippen LogP contribution in [0.25, 0.3) is 0 Å². The lowest BCUT2D eigenvalue weighted by Crippen LogP contribution is -2.54. The maximum Gasteiger partial charge on any atom is 0.409 e. The SMILES string of the molecule is CCOC(=O)N1CCC(NC(=O)N2CCN(Cc3ccc4c(c3)CCO4)CC2)CC1. The van der Waals surface area contributed by atoms with Gasteiger partial charge >= 0.3 is 12.1 Å². The van der Waals surface area contributed by atoms with E-state index in [0.717, 1.165) is 64.3 Å². The van der Waals surface area contributed by atoms with Crippen molar-refractivity contribution in [2.24, 2.45) is 0 Å². The molecule has 3 aliphatic rings. The van der Waals surface area contributed by atoms with E-state index in [1.807, 2.05) is 11.8 Å². The summed E-state index contributed by atoms with van der Waals surface area (Å²) in [6.45, 7) is 8.39. The summed E-state index contributed by atoms with van der Waals surface area (Å²) in [6, 6.07) is 6.61. The van der Waals surface area contributed by atoms with Gasteiger partial charge in [0.1, 0.15) is 5.75 Å². The van der Waals surface area contributed by atoms with Gasteiger partial charge in [-0.05, 0) is 37.0 Å². The Hall–Kier alpha value is -2.48. The van der Waals surface area contributed by atoms with E-state index in [9.17, 15) is 9.59 Å². The van der Waals surface area contributed by atoms with Crippen LogP contribution in [-0.4, -0.2) is 85.3 Å². The third kappa shape index (κ3) is 4.98. The van der Waals surface area contributed by atoms with E-state index in [4.69, 9.17) is 9.47 Å². The Labute approximate surface area is 178 Å². The van der Waals surface area contributed by atoms with Crippen molar-refractivity contribution in [1.29, 1.82) is 0 Å². The number of carbonyl (C=O) groups excluding carboxylic acids is 2. The highest BCUT2D eigenvalue weighted by atomic mass is 16.6. The zero-order valence-electron chi connectivity index (χ0n) is 17.8. The van der Waals surface area contributed by atoms with Gasteiger partial charge in [0.05, 0.1) is 13.2 Å². The number of hydrogen-bond acceptors (Lipinski definition) is 5. The number of piperazine rings is 1. The number of ether oxygens (including phenoxy) is 2. The van der Waals surface area contributed by atoms with Gasteiger partial charge in [-0.2, -0.15) is 0 Å². The number of hydrogen-bond donors (Lipinski definition) is 1. The molecular weight excluding hydrogens is 384 g/mol. The molecule has 0 bridgehead atoms. The maximum absolute atomic E-state index is 12.7. The zero-order chi connectivity index (χ0) is 20.9. The molecule has 8 nitrogen and oxygen atoms in total. The Balaban J connectivity index is 1.18. The first-order valence-corrected chi connectivity index (χ1v) is 11.1. The predicted octanol–water partition coefficient (Wildman–Crippen LogP) is 2.07. The normalized spacial score (nSPS) is 19.9. The number of piperidine rings is 1. The molecule has 3 amide bonds. The number of likely N-dealkylation sites (tertiary alicyclic amines) is 1. The number of fused-ring (bicyclic) bond motifs is 1. The summed E-state index contributed by atoms with van der Waals surface area (Å²) in [6.07, 6.45) is 2.28. The second-order valence-electron chi connectivity index (χ2n) is 8.21. The van der Waals surface area contributed by atoms with Crippen molar-refractivity contribution >= 4 is 12.1 Å². The highest BCUT2D eigenvalue weighted by Crippen LogP contribution is 2.26.